The Morgan fingerprint density at radius 1 is 1.16 bits per heavy atom. The van der Waals surface area contributed by atoms with E-state index in [2.05, 4.69) is 10.1 Å². The molecule has 0 aliphatic carbocycles. The number of nitrogens with two attached hydrogens (primary N) is 1. The maximum atomic E-state index is 13.1. The average Bonchev–Trinajstić information content (AvgIpc) is 2.74. The third-order valence-electron chi connectivity index (χ3n) is 2.76. The summed E-state index contributed by atoms with van der Waals surface area (Å²) in [5.41, 5.74) is 5.94. The molecule has 0 amide bonds. The highest BCUT2D eigenvalue weighted by Gasteiger charge is 2.27. The van der Waals surface area contributed by atoms with Gasteiger partial charge in [0, 0.05) is 11.6 Å². The van der Waals surface area contributed by atoms with E-state index in [9.17, 15) is 8.78 Å². The first-order valence-electron chi connectivity index (χ1n) is 5.83. The van der Waals surface area contributed by atoms with Crippen molar-refractivity contribution in [1.82, 2.24) is 10.1 Å². The summed E-state index contributed by atoms with van der Waals surface area (Å²) in [6.45, 7) is 5.80. The van der Waals surface area contributed by atoms with Crippen LogP contribution in [0.25, 0.3) is 11.4 Å². The van der Waals surface area contributed by atoms with Gasteiger partial charge in [-0.1, -0.05) is 25.9 Å². The van der Waals surface area contributed by atoms with Gasteiger partial charge in [-0.05, 0) is 17.5 Å². The molecular weight excluding hydrogens is 252 g/mol. The van der Waals surface area contributed by atoms with Crippen LogP contribution in [0.1, 0.15) is 32.7 Å². The van der Waals surface area contributed by atoms with Crippen molar-refractivity contribution in [2.24, 2.45) is 11.1 Å². The Balaban J connectivity index is 2.36. The molecule has 19 heavy (non-hydrogen) atoms. The van der Waals surface area contributed by atoms with Gasteiger partial charge in [-0.15, -0.1) is 0 Å². The van der Waals surface area contributed by atoms with Gasteiger partial charge in [0.15, 0.2) is 0 Å². The first-order valence-corrected chi connectivity index (χ1v) is 5.83. The smallest absolute Gasteiger partial charge is 0.244 e. The van der Waals surface area contributed by atoms with Crippen LogP contribution in [0.3, 0.4) is 0 Å². The second-order valence-corrected chi connectivity index (χ2v) is 5.46. The SMILES string of the molecule is CC(C)(C)[C@@H](N)c1nc(-c2cc(F)cc(F)c2)no1. The molecule has 0 unspecified atom stereocenters. The van der Waals surface area contributed by atoms with Crippen molar-refractivity contribution in [2.45, 2.75) is 26.8 Å². The number of rotatable bonds is 2. The minimum Gasteiger partial charge on any atom is -0.337 e. The molecule has 1 aromatic heterocycles. The molecule has 102 valence electrons. The highest BCUT2D eigenvalue weighted by atomic mass is 19.1. The van der Waals surface area contributed by atoms with Crippen LogP contribution in [0, 0.1) is 17.0 Å². The second-order valence-electron chi connectivity index (χ2n) is 5.46. The van der Waals surface area contributed by atoms with E-state index in [0.29, 0.717) is 0 Å². The minimum atomic E-state index is -0.693. The van der Waals surface area contributed by atoms with E-state index in [0.717, 1.165) is 18.2 Å². The molecule has 0 aliphatic heterocycles. The molecule has 0 saturated heterocycles. The Morgan fingerprint density at radius 2 is 1.74 bits per heavy atom. The lowest BCUT2D eigenvalue weighted by molar-refractivity contribution is 0.253. The van der Waals surface area contributed by atoms with Gasteiger partial charge >= 0.3 is 0 Å². The van der Waals surface area contributed by atoms with Crippen LogP contribution in [0.2, 0.25) is 0 Å². The van der Waals surface area contributed by atoms with Crippen molar-refractivity contribution in [3.8, 4) is 11.4 Å². The molecule has 6 heteroatoms. The average molecular weight is 267 g/mol. The van der Waals surface area contributed by atoms with Crippen LogP contribution in [0.4, 0.5) is 8.78 Å². The lowest BCUT2D eigenvalue weighted by Gasteiger charge is -2.23. The second kappa shape index (κ2) is 4.70. The predicted octanol–water partition coefficient (Wildman–Crippen LogP) is 3.06. The fraction of sp³-hybridized carbons (Fsp3) is 0.385. The molecule has 0 saturated carbocycles. The van der Waals surface area contributed by atoms with E-state index in [1.54, 1.807) is 0 Å². The topological polar surface area (TPSA) is 64.9 Å². The number of halogens is 2. The highest BCUT2D eigenvalue weighted by molar-refractivity contribution is 5.54. The predicted molar refractivity (Wildman–Crippen MR) is 66.0 cm³/mol. The van der Waals surface area contributed by atoms with Crippen molar-refractivity contribution in [2.75, 3.05) is 0 Å². The molecule has 1 heterocycles. The van der Waals surface area contributed by atoms with Crippen molar-refractivity contribution in [3.63, 3.8) is 0 Å². The van der Waals surface area contributed by atoms with Gasteiger partial charge in [0.05, 0.1) is 6.04 Å². The van der Waals surface area contributed by atoms with Gasteiger partial charge in [-0.3, -0.25) is 0 Å². The van der Waals surface area contributed by atoms with Crippen LogP contribution in [0.5, 0.6) is 0 Å². The molecule has 2 N–H and O–H groups in total. The molecule has 1 atom stereocenters. The van der Waals surface area contributed by atoms with Gasteiger partial charge in [0.2, 0.25) is 11.7 Å². The summed E-state index contributed by atoms with van der Waals surface area (Å²) in [6.07, 6.45) is 0. The summed E-state index contributed by atoms with van der Waals surface area (Å²) >= 11 is 0. The van der Waals surface area contributed by atoms with Crippen molar-refractivity contribution >= 4 is 0 Å². The number of benzene rings is 1. The summed E-state index contributed by atoms with van der Waals surface area (Å²) in [4.78, 5) is 4.09. The zero-order valence-corrected chi connectivity index (χ0v) is 10.9. The van der Waals surface area contributed by atoms with Crippen LogP contribution >= 0.6 is 0 Å². The molecule has 1 aromatic carbocycles. The molecule has 0 radical (unpaired) electrons. The Bertz CT molecular complexity index is 570. The maximum absolute atomic E-state index is 13.1. The van der Waals surface area contributed by atoms with Crippen LogP contribution in [-0.4, -0.2) is 10.1 Å². The summed E-state index contributed by atoms with van der Waals surface area (Å²) in [5.74, 6) is -1.02. The van der Waals surface area contributed by atoms with Crippen LogP contribution < -0.4 is 5.73 Å². The molecule has 0 aliphatic rings. The maximum Gasteiger partial charge on any atom is 0.244 e. The molecule has 4 nitrogen and oxygen atoms in total. The Hall–Kier alpha value is -1.82. The fourth-order valence-electron chi connectivity index (χ4n) is 1.53. The van der Waals surface area contributed by atoms with Gasteiger partial charge in [0.25, 0.3) is 0 Å². The number of hydrogen-bond donors (Lipinski definition) is 1. The molecule has 0 fully saturated rings. The monoisotopic (exact) mass is 267 g/mol. The van der Waals surface area contributed by atoms with E-state index in [-0.39, 0.29) is 22.7 Å². The van der Waals surface area contributed by atoms with E-state index < -0.39 is 17.7 Å². The van der Waals surface area contributed by atoms with E-state index in [4.69, 9.17) is 10.3 Å². The van der Waals surface area contributed by atoms with E-state index >= 15 is 0 Å². The number of nitrogens with zero attached hydrogens (tertiary/aromatic N) is 2. The minimum absolute atomic E-state index is 0.119. The third-order valence-corrected chi connectivity index (χ3v) is 2.76. The lowest BCUT2D eigenvalue weighted by atomic mass is 9.87. The first-order chi connectivity index (χ1) is 8.77. The molecule has 0 spiro atoms. The largest absolute Gasteiger partial charge is 0.337 e. The molecular formula is C13H15F2N3O. The summed E-state index contributed by atoms with van der Waals surface area (Å²) in [5, 5.41) is 3.70. The Morgan fingerprint density at radius 3 is 2.26 bits per heavy atom. The molecule has 0 bridgehead atoms. The van der Waals surface area contributed by atoms with Crippen molar-refractivity contribution in [1.29, 1.82) is 0 Å². The third kappa shape index (κ3) is 2.96. The highest BCUT2D eigenvalue weighted by Crippen LogP contribution is 2.30. The zero-order chi connectivity index (χ0) is 14.2. The standard InChI is InChI=1S/C13H15F2N3O/c1-13(2,3)10(16)12-17-11(18-19-12)7-4-8(14)6-9(15)5-7/h4-6,10H,16H2,1-3H3/t10-/m0/s1. The molecule has 2 aromatic rings. The summed E-state index contributed by atoms with van der Waals surface area (Å²) < 4.78 is 31.3. The van der Waals surface area contributed by atoms with Crippen LogP contribution in [-0.2, 0) is 0 Å². The summed E-state index contributed by atoms with van der Waals surface area (Å²) in [7, 11) is 0. The van der Waals surface area contributed by atoms with E-state index in [1.807, 2.05) is 20.8 Å². The van der Waals surface area contributed by atoms with Crippen molar-refractivity contribution < 1.29 is 13.3 Å². The quantitative estimate of drug-likeness (QED) is 0.908. The van der Waals surface area contributed by atoms with E-state index in [1.165, 1.54) is 0 Å². The van der Waals surface area contributed by atoms with Gasteiger partial charge in [0.1, 0.15) is 11.6 Å². The van der Waals surface area contributed by atoms with Crippen molar-refractivity contribution in [3.05, 3.63) is 35.7 Å². The normalized spacial score (nSPS) is 13.6. The zero-order valence-electron chi connectivity index (χ0n) is 10.9. The lowest BCUT2D eigenvalue weighted by Crippen LogP contribution is -2.26. The first kappa shape index (κ1) is 13.6. The van der Waals surface area contributed by atoms with Crippen LogP contribution in [0.15, 0.2) is 22.7 Å². The Kier molecular flexibility index (Phi) is 3.36. The fourth-order valence-corrected chi connectivity index (χ4v) is 1.53. The number of aromatic nitrogens is 2. The number of hydrogen-bond acceptors (Lipinski definition) is 4. The Labute approximate surface area is 109 Å². The van der Waals surface area contributed by atoms with Gasteiger partial charge in [-0.25, -0.2) is 8.78 Å². The van der Waals surface area contributed by atoms with Gasteiger partial charge in [-0.2, -0.15) is 4.98 Å². The molecule has 2 rings (SSSR count). The summed E-state index contributed by atoms with van der Waals surface area (Å²) in [6, 6.07) is 2.61. The van der Waals surface area contributed by atoms with Gasteiger partial charge < -0.3 is 10.3 Å².